The van der Waals surface area contributed by atoms with E-state index in [0.29, 0.717) is 5.92 Å². The van der Waals surface area contributed by atoms with Gasteiger partial charge in [0.2, 0.25) is 0 Å². The topological polar surface area (TPSA) is 42.2 Å². The van der Waals surface area contributed by atoms with Crippen molar-refractivity contribution in [3.8, 4) is 6.07 Å². The summed E-state index contributed by atoms with van der Waals surface area (Å²) in [5, 5.41) is 9.82. The Morgan fingerprint density at radius 1 is 0.875 bits per heavy atom. The maximum atomic E-state index is 9.82. The summed E-state index contributed by atoms with van der Waals surface area (Å²) in [6.07, 6.45) is 14.3. The van der Waals surface area contributed by atoms with Crippen LogP contribution in [0, 0.1) is 28.6 Å². The van der Waals surface area contributed by atoms with Crippen LogP contribution in [0.4, 0.5) is 0 Å². The van der Waals surface area contributed by atoms with Crippen LogP contribution in [0.5, 0.6) is 0 Å². The summed E-state index contributed by atoms with van der Waals surface area (Å²) in [6.45, 7) is 6.03. The summed E-state index contributed by atoms with van der Waals surface area (Å²) >= 11 is 0. The molecule has 2 rings (SSSR count). The van der Waals surface area contributed by atoms with Crippen molar-refractivity contribution < 1.29 is 9.47 Å². The first-order chi connectivity index (χ1) is 11.7. The first-order valence-electron chi connectivity index (χ1n) is 10.4. The Bertz CT molecular complexity index is 374. The van der Waals surface area contributed by atoms with Crippen molar-refractivity contribution in [2.75, 3.05) is 13.2 Å². The van der Waals surface area contributed by atoms with E-state index < -0.39 is 5.41 Å². The van der Waals surface area contributed by atoms with Crippen LogP contribution in [0.2, 0.25) is 0 Å². The van der Waals surface area contributed by atoms with Gasteiger partial charge in [-0.05, 0) is 38.0 Å². The van der Waals surface area contributed by atoms with Crippen LogP contribution < -0.4 is 0 Å². The lowest BCUT2D eigenvalue weighted by molar-refractivity contribution is -0.247. The molecule has 0 atom stereocenters. The molecule has 0 amide bonds. The van der Waals surface area contributed by atoms with Gasteiger partial charge >= 0.3 is 0 Å². The molecule has 1 aliphatic heterocycles. The SMILES string of the molecule is CCCCCCC1CCC(C#N)(C2OCC(CCCC)CO2)CC1. The first-order valence-corrected chi connectivity index (χ1v) is 10.4. The Hall–Kier alpha value is -0.590. The molecule has 0 radical (unpaired) electrons. The smallest absolute Gasteiger partial charge is 0.176 e. The van der Waals surface area contributed by atoms with Crippen LogP contribution in [0.15, 0.2) is 0 Å². The molecular weight excluding hydrogens is 298 g/mol. The quantitative estimate of drug-likeness (QED) is 0.497. The molecule has 0 aromatic rings. The number of hydrogen-bond donors (Lipinski definition) is 0. The van der Waals surface area contributed by atoms with Crippen molar-refractivity contribution >= 4 is 0 Å². The molecular formula is C21H37NO2. The fourth-order valence-electron chi connectivity index (χ4n) is 4.26. The highest BCUT2D eigenvalue weighted by molar-refractivity contribution is 5.04. The molecule has 1 saturated carbocycles. The minimum Gasteiger partial charge on any atom is -0.351 e. The number of rotatable bonds is 9. The second-order valence-electron chi connectivity index (χ2n) is 8.07. The lowest BCUT2D eigenvalue weighted by atomic mass is 9.69. The zero-order chi connectivity index (χ0) is 17.3. The van der Waals surface area contributed by atoms with Crippen LogP contribution >= 0.6 is 0 Å². The largest absolute Gasteiger partial charge is 0.351 e. The van der Waals surface area contributed by atoms with E-state index in [1.165, 1.54) is 64.2 Å². The molecule has 24 heavy (non-hydrogen) atoms. The number of hydrogen-bond acceptors (Lipinski definition) is 3. The predicted octanol–water partition coefficient (Wildman–Crippen LogP) is 5.84. The molecule has 3 nitrogen and oxygen atoms in total. The molecule has 0 N–H and O–H groups in total. The van der Waals surface area contributed by atoms with Crippen molar-refractivity contribution in [1.29, 1.82) is 5.26 Å². The third-order valence-electron chi connectivity index (χ3n) is 6.07. The molecule has 0 bridgehead atoms. The Morgan fingerprint density at radius 3 is 2.08 bits per heavy atom. The second-order valence-corrected chi connectivity index (χ2v) is 8.07. The maximum Gasteiger partial charge on any atom is 0.176 e. The van der Waals surface area contributed by atoms with Crippen molar-refractivity contribution in [2.24, 2.45) is 17.3 Å². The molecule has 2 aliphatic rings. The summed E-state index contributed by atoms with van der Waals surface area (Å²) in [7, 11) is 0. The second kappa shape index (κ2) is 10.4. The average molecular weight is 336 g/mol. The molecule has 0 spiro atoms. The summed E-state index contributed by atoms with van der Waals surface area (Å²) in [6, 6.07) is 2.59. The highest BCUT2D eigenvalue weighted by Crippen LogP contribution is 2.45. The van der Waals surface area contributed by atoms with Crippen molar-refractivity contribution in [1.82, 2.24) is 0 Å². The molecule has 0 aromatic heterocycles. The summed E-state index contributed by atoms with van der Waals surface area (Å²) in [4.78, 5) is 0. The van der Waals surface area contributed by atoms with Gasteiger partial charge in [-0.2, -0.15) is 5.26 Å². The van der Waals surface area contributed by atoms with Gasteiger partial charge in [0.1, 0.15) is 5.41 Å². The van der Waals surface area contributed by atoms with E-state index in [4.69, 9.17) is 9.47 Å². The van der Waals surface area contributed by atoms with Crippen LogP contribution in [0.25, 0.3) is 0 Å². The highest BCUT2D eigenvalue weighted by atomic mass is 16.7. The lowest BCUT2D eigenvalue weighted by Gasteiger charge is -2.42. The van der Waals surface area contributed by atoms with Crippen LogP contribution in [-0.4, -0.2) is 19.5 Å². The van der Waals surface area contributed by atoms with E-state index >= 15 is 0 Å². The molecule has 1 saturated heterocycles. The van der Waals surface area contributed by atoms with Gasteiger partial charge in [0.15, 0.2) is 6.29 Å². The van der Waals surface area contributed by atoms with Gasteiger partial charge in [0, 0.05) is 5.92 Å². The van der Waals surface area contributed by atoms with E-state index in [1.807, 2.05) is 0 Å². The lowest BCUT2D eigenvalue weighted by Crippen LogP contribution is -2.45. The van der Waals surface area contributed by atoms with E-state index in [1.54, 1.807) is 0 Å². The van der Waals surface area contributed by atoms with Crippen LogP contribution in [0.1, 0.15) is 90.9 Å². The van der Waals surface area contributed by atoms with E-state index in [-0.39, 0.29) is 6.29 Å². The van der Waals surface area contributed by atoms with Crippen LogP contribution in [-0.2, 0) is 9.47 Å². The van der Waals surface area contributed by atoms with E-state index in [0.717, 1.165) is 32.0 Å². The van der Waals surface area contributed by atoms with Crippen molar-refractivity contribution in [2.45, 2.75) is 97.2 Å². The monoisotopic (exact) mass is 335 g/mol. The molecule has 0 unspecified atom stereocenters. The molecule has 0 aromatic carbocycles. The summed E-state index contributed by atoms with van der Waals surface area (Å²) < 4.78 is 12.0. The Labute approximate surface area is 149 Å². The van der Waals surface area contributed by atoms with Crippen molar-refractivity contribution in [3.05, 3.63) is 0 Å². The van der Waals surface area contributed by atoms with Crippen LogP contribution in [0.3, 0.4) is 0 Å². The zero-order valence-electron chi connectivity index (χ0n) is 15.9. The van der Waals surface area contributed by atoms with E-state index in [9.17, 15) is 5.26 Å². The number of ether oxygens (including phenoxy) is 2. The fraction of sp³-hybridized carbons (Fsp3) is 0.952. The maximum absolute atomic E-state index is 9.82. The summed E-state index contributed by atoms with van der Waals surface area (Å²) in [5.41, 5.74) is -0.393. The average Bonchev–Trinajstić information content (AvgIpc) is 2.64. The van der Waals surface area contributed by atoms with Gasteiger partial charge in [0.05, 0.1) is 19.3 Å². The fourth-order valence-corrected chi connectivity index (χ4v) is 4.26. The number of nitriles is 1. The zero-order valence-corrected chi connectivity index (χ0v) is 15.9. The molecule has 3 heteroatoms. The Kier molecular flexibility index (Phi) is 8.56. The van der Waals surface area contributed by atoms with Gasteiger partial charge in [-0.1, -0.05) is 58.8 Å². The van der Waals surface area contributed by atoms with Gasteiger partial charge < -0.3 is 9.47 Å². The number of nitrogens with zero attached hydrogens (tertiary/aromatic N) is 1. The molecule has 2 fully saturated rings. The minimum atomic E-state index is -0.393. The first kappa shape index (κ1) is 19.7. The molecule has 138 valence electrons. The molecule has 1 aliphatic carbocycles. The van der Waals surface area contributed by atoms with Gasteiger partial charge in [-0.3, -0.25) is 0 Å². The third-order valence-corrected chi connectivity index (χ3v) is 6.07. The van der Waals surface area contributed by atoms with Gasteiger partial charge in [-0.25, -0.2) is 0 Å². The third kappa shape index (κ3) is 5.46. The standard InChI is InChI=1S/C21H37NO2/c1-3-5-7-8-10-18-11-13-21(17-22,14-12-18)20-23-15-19(16-24-20)9-6-4-2/h18-20H,3-16H2,1-2H3. The Morgan fingerprint density at radius 2 is 1.50 bits per heavy atom. The van der Waals surface area contributed by atoms with Gasteiger partial charge in [-0.15, -0.1) is 0 Å². The summed E-state index contributed by atoms with van der Waals surface area (Å²) in [5.74, 6) is 1.33. The predicted molar refractivity (Wildman–Crippen MR) is 97.5 cm³/mol. The van der Waals surface area contributed by atoms with Gasteiger partial charge in [0.25, 0.3) is 0 Å². The molecule has 1 heterocycles. The highest BCUT2D eigenvalue weighted by Gasteiger charge is 2.45. The normalized spacial score (nSPS) is 34.0. The number of unbranched alkanes of at least 4 members (excludes halogenated alkanes) is 4. The van der Waals surface area contributed by atoms with E-state index in [2.05, 4.69) is 19.9 Å². The minimum absolute atomic E-state index is 0.290. The Balaban J connectivity index is 1.75. The van der Waals surface area contributed by atoms with Crippen molar-refractivity contribution in [3.63, 3.8) is 0 Å².